The first-order valence-corrected chi connectivity index (χ1v) is 16.3. The van der Waals surface area contributed by atoms with Crippen LogP contribution in [0.5, 0.6) is 0 Å². The second-order valence-corrected chi connectivity index (χ2v) is 12.4. The second kappa shape index (κ2) is 16.4. The number of carbonyl (C=O) groups is 2. The molecule has 7 nitrogen and oxygen atoms in total. The van der Waals surface area contributed by atoms with Crippen LogP contribution in [0, 0.1) is 12.7 Å². The third-order valence-electron chi connectivity index (χ3n) is 7.50. The van der Waals surface area contributed by atoms with Gasteiger partial charge in [0.2, 0.25) is 0 Å². The molecule has 1 aromatic heterocycles. The number of thioether (sulfide) groups is 1. The maximum Gasteiger partial charge on any atom is 0.418 e. The first kappa shape index (κ1) is 36.9. The first-order valence-electron chi connectivity index (χ1n) is 15.0. The number of nitrogens with zero attached hydrogens (tertiary/aromatic N) is 2. The van der Waals surface area contributed by atoms with Gasteiger partial charge in [0, 0.05) is 22.5 Å². The van der Waals surface area contributed by atoms with Crippen LogP contribution in [-0.4, -0.2) is 48.1 Å². The number of alkyl halides is 4. The van der Waals surface area contributed by atoms with Crippen molar-refractivity contribution in [1.29, 1.82) is 0 Å². The van der Waals surface area contributed by atoms with Crippen molar-refractivity contribution >= 4 is 35.3 Å². The molecule has 0 saturated heterocycles. The lowest BCUT2D eigenvalue weighted by Gasteiger charge is -2.32. The number of hydrogen-bond donors (Lipinski definition) is 1. The molecule has 2 heterocycles. The third-order valence-corrected chi connectivity index (χ3v) is 8.81. The van der Waals surface area contributed by atoms with Crippen LogP contribution in [0.1, 0.15) is 55.3 Å². The number of halogens is 6. The Morgan fingerprint density at radius 3 is 2.35 bits per heavy atom. The van der Waals surface area contributed by atoms with Gasteiger partial charge in [-0.1, -0.05) is 54.8 Å². The number of allylic oxidation sites excluding steroid dienone is 2. The number of esters is 2. The standard InChI is InChI=1S/C34H33ClF5N3O4S/c1-19-17-25(43-31(41-19)21-11-7-6-8-12-21)48-16-10-5-4-9-15-47-33(45)26-20(2)42-24(18-36)28(32(44)46-3)29(26)27-23(37)14-13-22(35)30(27)34(38,39)40/h6-8,11-14,17,29,42H,4-5,9-10,15-16,18H2,1-3H3. The molecular formula is C34H33ClF5N3O4S. The number of nitrogens with one attached hydrogen (secondary N) is 1. The van der Waals surface area contributed by atoms with E-state index < -0.39 is 69.5 Å². The van der Waals surface area contributed by atoms with Crippen LogP contribution in [0.15, 0.2) is 76.1 Å². The zero-order valence-electron chi connectivity index (χ0n) is 26.3. The number of benzene rings is 2. The minimum absolute atomic E-state index is 0.0988. The van der Waals surface area contributed by atoms with Crippen LogP contribution in [0.2, 0.25) is 5.02 Å². The molecule has 1 aliphatic rings. The Labute approximate surface area is 284 Å². The van der Waals surface area contributed by atoms with Gasteiger partial charge in [-0.15, -0.1) is 11.8 Å². The van der Waals surface area contributed by atoms with E-state index in [4.69, 9.17) is 21.1 Å². The van der Waals surface area contributed by atoms with Gasteiger partial charge in [0.05, 0.1) is 47.1 Å². The topological polar surface area (TPSA) is 90.4 Å². The minimum Gasteiger partial charge on any atom is -0.466 e. The van der Waals surface area contributed by atoms with Crippen molar-refractivity contribution in [2.24, 2.45) is 0 Å². The Morgan fingerprint density at radius 2 is 1.69 bits per heavy atom. The summed E-state index contributed by atoms with van der Waals surface area (Å²) in [5.74, 6) is -4.32. The SMILES string of the molecule is COC(=O)C1=C(CF)NC(C)=C(C(=O)OCCCCCCSc2cc(C)nc(-c3ccccc3)n2)C1c1c(F)ccc(Cl)c1C(F)(F)F. The van der Waals surface area contributed by atoms with Crippen LogP contribution in [-0.2, 0) is 25.2 Å². The highest BCUT2D eigenvalue weighted by Crippen LogP contribution is 2.48. The Kier molecular flexibility index (Phi) is 12.6. The average molecular weight is 710 g/mol. The number of carbonyl (C=O) groups excluding carboxylic acids is 2. The molecular weight excluding hydrogens is 677 g/mol. The van der Waals surface area contributed by atoms with Gasteiger partial charge in [-0.3, -0.25) is 0 Å². The summed E-state index contributed by atoms with van der Waals surface area (Å²) in [6, 6.07) is 13.0. The van der Waals surface area contributed by atoms with E-state index in [1.165, 1.54) is 6.92 Å². The molecule has 48 heavy (non-hydrogen) atoms. The highest BCUT2D eigenvalue weighted by molar-refractivity contribution is 7.99. The molecule has 0 aliphatic carbocycles. The van der Waals surface area contributed by atoms with Crippen LogP contribution in [0.25, 0.3) is 11.4 Å². The predicted molar refractivity (Wildman–Crippen MR) is 172 cm³/mol. The summed E-state index contributed by atoms with van der Waals surface area (Å²) in [4.78, 5) is 35.4. The Hall–Kier alpha value is -3.97. The van der Waals surface area contributed by atoms with Gasteiger partial charge in [0.15, 0.2) is 5.82 Å². The maximum atomic E-state index is 15.3. The number of unbranched alkanes of at least 4 members (excludes halogenated alkanes) is 3. The normalized spacial score (nSPS) is 15.0. The zero-order valence-corrected chi connectivity index (χ0v) is 27.9. The molecule has 1 atom stereocenters. The highest BCUT2D eigenvalue weighted by atomic mass is 35.5. The lowest BCUT2D eigenvalue weighted by molar-refractivity contribution is -0.141. The van der Waals surface area contributed by atoms with E-state index in [1.54, 1.807) is 11.8 Å². The second-order valence-electron chi connectivity index (χ2n) is 10.9. The van der Waals surface area contributed by atoms with Gasteiger partial charge in [-0.05, 0) is 50.6 Å². The number of methoxy groups -OCH3 is 1. The summed E-state index contributed by atoms with van der Waals surface area (Å²) in [6.07, 6.45) is -2.45. The van der Waals surface area contributed by atoms with E-state index in [-0.39, 0.29) is 12.3 Å². The van der Waals surface area contributed by atoms with Crippen molar-refractivity contribution in [2.45, 2.75) is 56.7 Å². The highest BCUT2D eigenvalue weighted by Gasteiger charge is 2.46. The molecule has 0 amide bonds. The summed E-state index contributed by atoms with van der Waals surface area (Å²) in [5, 5.41) is 2.54. The number of dihydropyridines is 1. The van der Waals surface area contributed by atoms with E-state index in [1.807, 2.05) is 43.3 Å². The number of ether oxygens (including phenoxy) is 2. The predicted octanol–water partition coefficient (Wildman–Crippen LogP) is 8.52. The fourth-order valence-corrected chi connectivity index (χ4v) is 6.59. The fourth-order valence-electron chi connectivity index (χ4n) is 5.36. The summed E-state index contributed by atoms with van der Waals surface area (Å²) in [5.41, 5.74) is -2.69. The van der Waals surface area contributed by atoms with Crippen molar-refractivity contribution < 1.29 is 41.0 Å². The molecule has 4 rings (SSSR count). The van der Waals surface area contributed by atoms with Gasteiger partial charge in [-0.2, -0.15) is 13.2 Å². The maximum absolute atomic E-state index is 15.3. The molecule has 0 bridgehead atoms. The van der Waals surface area contributed by atoms with Gasteiger partial charge < -0.3 is 14.8 Å². The molecule has 0 radical (unpaired) electrons. The van der Waals surface area contributed by atoms with E-state index in [0.717, 1.165) is 42.0 Å². The molecule has 2 aromatic carbocycles. The van der Waals surface area contributed by atoms with E-state index >= 15 is 4.39 Å². The van der Waals surface area contributed by atoms with Gasteiger partial charge in [0.25, 0.3) is 0 Å². The Morgan fingerprint density at radius 1 is 0.979 bits per heavy atom. The average Bonchev–Trinajstić information content (AvgIpc) is 3.05. The van der Waals surface area contributed by atoms with Crippen molar-refractivity contribution in [1.82, 2.24) is 15.3 Å². The van der Waals surface area contributed by atoms with E-state index in [9.17, 15) is 27.2 Å². The third kappa shape index (κ3) is 8.73. The Bertz CT molecular complexity index is 1720. The van der Waals surface area contributed by atoms with Crippen LogP contribution < -0.4 is 5.32 Å². The van der Waals surface area contributed by atoms with Crippen molar-refractivity contribution in [3.8, 4) is 11.4 Å². The number of rotatable bonds is 13. The van der Waals surface area contributed by atoms with Gasteiger partial charge >= 0.3 is 18.1 Å². The number of aromatic nitrogens is 2. The van der Waals surface area contributed by atoms with Crippen molar-refractivity contribution in [3.05, 3.63) is 98.7 Å². The number of aryl methyl sites for hydroxylation is 1. The first-order chi connectivity index (χ1) is 22.9. The monoisotopic (exact) mass is 709 g/mol. The molecule has 0 spiro atoms. The van der Waals surface area contributed by atoms with Crippen molar-refractivity contribution in [3.63, 3.8) is 0 Å². The molecule has 1 unspecified atom stereocenters. The van der Waals surface area contributed by atoms with E-state index in [0.29, 0.717) is 30.8 Å². The zero-order chi connectivity index (χ0) is 35.0. The molecule has 14 heteroatoms. The largest absolute Gasteiger partial charge is 0.466 e. The van der Waals surface area contributed by atoms with Gasteiger partial charge in [0.1, 0.15) is 17.5 Å². The lowest BCUT2D eigenvalue weighted by Crippen LogP contribution is -2.35. The van der Waals surface area contributed by atoms with Crippen LogP contribution in [0.3, 0.4) is 0 Å². The molecule has 1 N–H and O–H groups in total. The Balaban J connectivity index is 1.42. The van der Waals surface area contributed by atoms with E-state index in [2.05, 4.69) is 15.3 Å². The summed E-state index contributed by atoms with van der Waals surface area (Å²) in [6.45, 7) is 1.77. The summed E-state index contributed by atoms with van der Waals surface area (Å²) in [7, 11) is 0.930. The van der Waals surface area contributed by atoms with Gasteiger partial charge in [-0.25, -0.2) is 28.3 Å². The molecule has 0 fully saturated rings. The lowest BCUT2D eigenvalue weighted by atomic mass is 9.78. The smallest absolute Gasteiger partial charge is 0.418 e. The quantitative estimate of drug-likeness (QED) is 0.0621. The summed E-state index contributed by atoms with van der Waals surface area (Å²) < 4.78 is 82.2. The van der Waals surface area contributed by atoms with Crippen LogP contribution >= 0.6 is 23.4 Å². The fraction of sp³-hybridized carbons (Fsp3) is 0.353. The van der Waals surface area contributed by atoms with Crippen molar-refractivity contribution in [2.75, 3.05) is 26.1 Å². The molecule has 1 aliphatic heterocycles. The molecule has 256 valence electrons. The van der Waals surface area contributed by atoms with Crippen LogP contribution in [0.4, 0.5) is 22.0 Å². The summed E-state index contributed by atoms with van der Waals surface area (Å²) >= 11 is 7.48. The molecule has 3 aromatic rings. The molecule has 0 saturated carbocycles. The number of hydrogen-bond acceptors (Lipinski definition) is 8. The minimum atomic E-state index is -5.19.